The molecule has 0 fully saturated rings. The molecule has 0 aromatic carbocycles. The van der Waals surface area contributed by atoms with E-state index >= 15 is 0 Å². The average molecular weight is 205 g/mol. The first-order valence-corrected chi connectivity index (χ1v) is 5.13. The standard InChI is InChI=1S/C12H15NO2/c1-8(13)12(14)10-3-2-9-6-7-15-11(9)5-4-10/h2-3,5,8,12,14H,6-7,13H2,1H3/t8-,12-/m0/s1. The summed E-state index contributed by atoms with van der Waals surface area (Å²) in [5, 5.41) is 9.78. The zero-order valence-corrected chi connectivity index (χ0v) is 8.73. The molecule has 0 aromatic heterocycles. The van der Waals surface area contributed by atoms with Gasteiger partial charge in [-0.15, -0.1) is 5.73 Å². The molecule has 1 aliphatic carbocycles. The van der Waals surface area contributed by atoms with Gasteiger partial charge in [-0.3, -0.25) is 0 Å². The van der Waals surface area contributed by atoms with Gasteiger partial charge < -0.3 is 15.6 Å². The Morgan fingerprint density at radius 1 is 1.53 bits per heavy atom. The molecule has 0 aromatic rings. The van der Waals surface area contributed by atoms with Crippen LogP contribution in [0.15, 0.2) is 40.9 Å². The average Bonchev–Trinajstić information content (AvgIpc) is 2.57. The molecule has 0 radical (unpaired) electrons. The van der Waals surface area contributed by atoms with Gasteiger partial charge in [0.05, 0.1) is 6.61 Å². The van der Waals surface area contributed by atoms with Crippen LogP contribution in [0.3, 0.4) is 0 Å². The van der Waals surface area contributed by atoms with Gasteiger partial charge in [0.15, 0.2) is 0 Å². The van der Waals surface area contributed by atoms with Crippen LogP contribution in [0, 0.1) is 0 Å². The first kappa shape index (κ1) is 10.2. The Morgan fingerprint density at radius 3 is 3.07 bits per heavy atom. The molecule has 1 aliphatic heterocycles. The highest BCUT2D eigenvalue weighted by Crippen LogP contribution is 2.24. The van der Waals surface area contributed by atoms with E-state index in [1.165, 1.54) is 0 Å². The van der Waals surface area contributed by atoms with Gasteiger partial charge in [0.2, 0.25) is 0 Å². The second-order valence-electron chi connectivity index (χ2n) is 3.87. The van der Waals surface area contributed by atoms with Crippen LogP contribution in [0.2, 0.25) is 0 Å². The Kier molecular flexibility index (Phi) is 2.78. The minimum absolute atomic E-state index is 0.292. The number of ether oxygens (including phenoxy) is 1. The first-order valence-electron chi connectivity index (χ1n) is 5.13. The van der Waals surface area contributed by atoms with Gasteiger partial charge in [0.25, 0.3) is 0 Å². The van der Waals surface area contributed by atoms with Crippen LogP contribution in [-0.2, 0) is 4.74 Å². The van der Waals surface area contributed by atoms with Gasteiger partial charge in [-0.1, -0.05) is 6.08 Å². The second kappa shape index (κ2) is 4.07. The molecule has 15 heavy (non-hydrogen) atoms. The maximum Gasteiger partial charge on any atom is 0.130 e. The summed E-state index contributed by atoms with van der Waals surface area (Å²) < 4.78 is 5.41. The van der Waals surface area contributed by atoms with Gasteiger partial charge in [-0.25, -0.2) is 0 Å². The zero-order valence-electron chi connectivity index (χ0n) is 8.73. The van der Waals surface area contributed by atoms with Crippen molar-refractivity contribution in [2.45, 2.75) is 25.5 Å². The van der Waals surface area contributed by atoms with Gasteiger partial charge in [-0.05, 0) is 18.6 Å². The van der Waals surface area contributed by atoms with Crippen LogP contribution in [0.1, 0.15) is 13.3 Å². The van der Waals surface area contributed by atoms with Crippen molar-refractivity contribution in [3.05, 3.63) is 40.9 Å². The molecule has 0 unspecified atom stereocenters. The maximum absolute atomic E-state index is 9.78. The predicted octanol–water partition coefficient (Wildman–Crippen LogP) is 1.02. The number of rotatable bonds is 2. The summed E-state index contributed by atoms with van der Waals surface area (Å²) in [6.07, 6.45) is 5.87. The molecule has 2 atom stereocenters. The lowest BCUT2D eigenvalue weighted by atomic mass is 10.0. The van der Waals surface area contributed by atoms with Gasteiger partial charge in [0, 0.05) is 24.1 Å². The van der Waals surface area contributed by atoms with Gasteiger partial charge in [-0.2, -0.15) is 0 Å². The van der Waals surface area contributed by atoms with E-state index in [-0.39, 0.29) is 6.04 Å². The van der Waals surface area contributed by atoms with Crippen LogP contribution < -0.4 is 5.73 Å². The van der Waals surface area contributed by atoms with Crippen LogP contribution in [0.25, 0.3) is 0 Å². The van der Waals surface area contributed by atoms with Crippen molar-refractivity contribution >= 4 is 0 Å². The van der Waals surface area contributed by atoms with Gasteiger partial charge in [0.1, 0.15) is 11.9 Å². The van der Waals surface area contributed by atoms with E-state index in [2.05, 4.69) is 5.73 Å². The summed E-state index contributed by atoms with van der Waals surface area (Å²) in [5.41, 5.74) is 10.5. The van der Waals surface area contributed by atoms with E-state index in [9.17, 15) is 5.11 Å². The Hall–Kier alpha value is -1.28. The van der Waals surface area contributed by atoms with Crippen LogP contribution in [-0.4, -0.2) is 23.9 Å². The summed E-state index contributed by atoms with van der Waals surface area (Å²) in [6, 6.07) is -0.292. The van der Waals surface area contributed by atoms with Crippen molar-refractivity contribution in [1.29, 1.82) is 0 Å². The summed E-state index contributed by atoms with van der Waals surface area (Å²) in [6.45, 7) is 2.51. The summed E-state index contributed by atoms with van der Waals surface area (Å²) >= 11 is 0. The number of aliphatic hydroxyl groups excluding tert-OH is 1. The Morgan fingerprint density at radius 2 is 2.33 bits per heavy atom. The molecular weight excluding hydrogens is 190 g/mol. The third-order valence-electron chi connectivity index (χ3n) is 2.60. The van der Waals surface area contributed by atoms with E-state index in [4.69, 9.17) is 10.5 Å². The van der Waals surface area contributed by atoms with Crippen LogP contribution in [0.4, 0.5) is 0 Å². The highest BCUT2D eigenvalue weighted by atomic mass is 16.5. The molecule has 3 N–H and O–H groups in total. The number of hydrogen-bond donors (Lipinski definition) is 2. The second-order valence-corrected chi connectivity index (χ2v) is 3.87. The SMILES string of the molecule is C[C@H](N)[C@H](O)C1=C=CC2=C(C=C1)CCO2. The van der Waals surface area contributed by atoms with E-state index < -0.39 is 6.10 Å². The van der Waals surface area contributed by atoms with E-state index in [0.29, 0.717) is 5.57 Å². The van der Waals surface area contributed by atoms with Crippen molar-refractivity contribution in [1.82, 2.24) is 0 Å². The lowest BCUT2D eigenvalue weighted by Gasteiger charge is -2.13. The number of nitrogens with two attached hydrogens (primary N) is 1. The van der Waals surface area contributed by atoms with Crippen LogP contribution in [0.5, 0.6) is 0 Å². The van der Waals surface area contributed by atoms with Crippen LogP contribution >= 0.6 is 0 Å². The molecule has 0 bridgehead atoms. The normalized spacial score (nSPS) is 23.0. The van der Waals surface area contributed by atoms with Gasteiger partial charge >= 0.3 is 0 Å². The van der Waals surface area contributed by atoms with Crippen molar-refractivity contribution in [3.63, 3.8) is 0 Å². The molecule has 2 aliphatic rings. The van der Waals surface area contributed by atoms with E-state index in [1.807, 2.05) is 12.2 Å². The summed E-state index contributed by atoms with van der Waals surface area (Å²) in [4.78, 5) is 0. The van der Waals surface area contributed by atoms with Crippen molar-refractivity contribution < 1.29 is 9.84 Å². The largest absolute Gasteiger partial charge is 0.492 e. The third kappa shape index (κ3) is 2.05. The minimum Gasteiger partial charge on any atom is -0.492 e. The molecule has 0 saturated heterocycles. The Balaban J connectivity index is 2.25. The lowest BCUT2D eigenvalue weighted by Crippen LogP contribution is -2.32. The Bertz CT molecular complexity index is 384. The van der Waals surface area contributed by atoms with E-state index in [1.54, 1.807) is 13.0 Å². The zero-order chi connectivity index (χ0) is 10.8. The summed E-state index contributed by atoms with van der Waals surface area (Å²) in [7, 11) is 0. The molecule has 0 amide bonds. The quantitative estimate of drug-likeness (QED) is 0.662. The number of hydrogen-bond acceptors (Lipinski definition) is 3. The maximum atomic E-state index is 9.78. The molecule has 3 nitrogen and oxygen atoms in total. The number of allylic oxidation sites excluding steroid dienone is 2. The first-order chi connectivity index (χ1) is 7.18. The third-order valence-corrected chi connectivity index (χ3v) is 2.60. The molecule has 80 valence electrons. The fraction of sp³-hybridized carbons (Fsp3) is 0.417. The monoisotopic (exact) mass is 205 g/mol. The molecule has 0 saturated carbocycles. The molecular formula is C12H15NO2. The topological polar surface area (TPSA) is 55.5 Å². The molecule has 3 heteroatoms. The van der Waals surface area contributed by atoms with E-state index in [0.717, 1.165) is 24.4 Å². The minimum atomic E-state index is -0.669. The molecule has 1 heterocycles. The fourth-order valence-corrected chi connectivity index (χ4v) is 1.64. The van der Waals surface area contributed by atoms with Crippen molar-refractivity contribution in [2.75, 3.05) is 6.61 Å². The summed E-state index contributed by atoms with van der Waals surface area (Å²) in [5.74, 6) is 0.859. The van der Waals surface area contributed by atoms with Crippen molar-refractivity contribution in [2.24, 2.45) is 5.73 Å². The Labute approximate surface area is 89.2 Å². The predicted molar refractivity (Wildman–Crippen MR) is 58.0 cm³/mol. The smallest absolute Gasteiger partial charge is 0.130 e. The van der Waals surface area contributed by atoms with Crippen molar-refractivity contribution in [3.8, 4) is 0 Å². The lowest BCUT2D eigenvalue weighted by molar-refractivity contribution is 0.190. The fourth-order valence-electron chi connectivity index (χ4n) is 1.64. The molecule has 0 spiro atoms. The molecule has 2 rings (SSSR count). The highest BCUT2D eigenvalue weighted by molar-refractivity contribution is 5.40. The highest BCUT2D eigenvalue weighted by Gasteiger charge is 2.17. The number of aliphatic hydroxyl groups is 1.